The molecule has 122 valence electrons. The molecule has 2 aliphatic heterocycles. The molecule has 1 N–H and O–H groups in total. The number of nitrogens with zero attached hydrogens (tertiary/aromatic N) is 1. The lowest BCUT2D eigenvalue weighted by Crippen LogP contribution is -2.43. The van der Waals surface area contributed by atoms with Crippen LogP contribution in [0.2, 0.25) is 0 Å². The molecule has 1 aromatic heterocycles. The predicted octanol–water partition coefficient (Wildman–Crippen LogP) is -0.154. The van der Waals surface area contributed by atoms with E-state index in [1.54, 1.807) is 23.3 Å². The zero-order chi connectivity index (χ0) is 15.8. The van der Waals surface area contributed by atoms with Crippen molar-refractivity contribution >= 4 is 15.9 Å². The normalized spacial score (nSPS) is 28.0. The molecule has 0 aromatic carbocycles. The highest BCUT2D eigenvalue weighted by molar-refractivity contribution is 7.88. The van der Waals surface area contributed by atoms with Crippen LogP contribution >= 0.6 is 0 Å². The average molecular weight is 328 g/mol. The summed E-state index contributed by atoms with van der Waals surface area (Å²) in [6.07, 6.45) is 2.92. The molecule has 0 radical (unpaired) electrons. The SMILES string of the molecule is CS(=O)(=O)NC[C@@]12COC[C@@H]1CN(C(=O)Cc1ccco1)C2. The van der Waals surface area contributed by atoms with Crippen LogP contribution in [0, 0.1) is 11.3 Å². The Morgan fingerprint density at radius 3 is 3.05 bits per heavy atom. The molecule has 2 fully saturated rings. The van der Waals surface area contributed by atoms with E-state index in [1.807, 2.05) is 0 Å². The van der Waals surface area contributed by atoms with E-state index in [-0.39, 0.29) is 23.7 Å². The summed E-state index contributed by atoms with van der Waals surface area (Å²) >= 11 is 0. The van der Waals surface area contributed by atoms with E-state index in [1.165, 1.54) is 0 Å². The van der Waals surface area contributed by atoms with E-state index in [4.69, 9.17) is 9.15 Å². The van der Waals surface area contributed by atoms with E-state index in [0.29, 0.717) is 38.6 Å². The maximum Gasteiger partial charge on any atom is 0.230 e. The van der Waals surface area contributed by atoms with Gasteiger partial charge in [0.15, 0.2) is 0 Å². The van der Waals surface area contributed by atoms with Gasteiger partial charge in [0.2, 0.25) is 15.9 Å². The number of carbonyl (C=O) groups excluding carboxylic acids is 1. The van der Waals surface area contributed by atoms with Crippen LogP contribution in [0.1, 0.15) is 5.76 Å². The third-order valence-electron chi connectivity index (χ3n) is 4.47. The fourth-order valence-electron chi connectivity index (χ4n) is 3.22. The molecular formula is C14H20N2O5S. The number of amides is 1. The summed E-state index contributed by atoms with van der Waals surface area (Å²) in [6, 6.07) is 3.53. The van der Waals surface area contributed by atoms with Crippen molar-refractivity contribution in [1.82, 2.24) is 9.62 Å². The maximum atomic E-state index is 12.4. The molecule has 22 heavy (non-hydrogen) atoms. The minimum absolute atomic E-state index is 0.00285. The molecule has 7 nitrogen and oxygen atoms in total. The van der Waals surface area contributed by atoms with Crippen LogP contribution < -0.4 is 4.72 Å². The standard InChI is InChI=1S/C14H20N2O5S/c1-22(18,19)15-8-14-9-16(6-11(14)7-20-10-14)13(17)5-12-3-2-4-21-12/h2-4,11,15H,5-10H2,1H3/t11-,14+/m0/s1. The number of hydrogen-bond donors (Lipinski definition) is 1. The second kappa shape index (κ2) is 5.68. The Bertz CT molecular complexity index is 642. The van der Waals surface area contributed by atoms with Crippen LogP contribution in [0.3, 0.4) is 0 Å². The van der Waals surface area contributed by atoms with Crippen LogP contribution in [0.4, 0.5) is 0 Å². The third kappa shape index (κ3) is 3.18. The summed E-state index contributed by atoms with van der Waals surface area (Å²) in [5.41, 5.74) is -0.318. The Morgan fingerprint density at radius 1 is 1.55 bits per heavy atom. The zero-order valence-corrected chi connectivity index (χ0v) is 13.3. The first-order chi connectivity index (χ1) is 10.4. The van der Waals surface area contributed by atoms with E-state index >= 15 is 0 Å². The van der Waals surface area contributed by atoms with Crippen LogP contribution in [-0.4, -0.2) is 58.3 Å². The van der Waals surface area contributed by atoms with Crippen molar-refractivity contribution in [3.05, 3.63) is 24.2 Å². The van der Waals surface area contributed by atoms with Gasteiger partial charge in [-0.1, -0.05) is 0 Å². The summed E-state index contributed by atoms with van der Waals surface area (Å²) in [5.74, 6) is 0.812. The van der Waals surface area contributed by atoms with Gasteiger partial charge in [-0.3, -0.25) is 4.79 Å². The van der Waals surface area contributed by atoms with Crippen molar-refractivity contribution in [2.45, 2.75) is 6.42 Å². The van der Waals surface area contributed by atoms with Crippen molar-refractivity contribution in [1.29, 1.82) is 0 Å². The number of ether oxygens (including phenoxy) is 1. The molecule has 0 aliphatic carbocycles. The maximum absolute atomic E-state index is 12.4. The molecule has 1 aromatic rings. The van der Waals surface area contributed by atoms with E-state index in [2.05, 4.69) is 4.72 Å². The number of rotatable bonds is 5. The molecule has 2 saturated heterocycles. The topological polar surface area (TPSA) is 88.9 Å². The summed E-state index contributed by atoms with van der Waals surface area (Å²) in [5, 5.41) is 0. The van der Waals surface area contributed by atoms with Crippen LogP contribution in [0.25, 0.3) is 0 Å². The predicted molar refractivity (Wildman–Crippen MR) is 78.6 cm³/mol. The summed E-state index contributed by atoms with van der Waals surface area (Å²) < 4.78 is 36.0. The number of furan rings is 1. The van der Waals surface area contributed by atoms with Crippen LogP contribution in [-0.2, 0) is 26.0 Å². The molecular weight excluding hydrogens is 308 g/mol. The lowest BCUT2D eigenvalue weighted by atomic mass is 9.81. The molecule has 2 atom stereocenters. The molecule has 1 amide bonds. The fraction of sp³-hybridized carbons (Fsp3) is 0.643. The van der Waals surface area contributed by atoms with Crippen LogP contribution in [0.5, 0.6) is 0 Å². The van der Waals surface area contributed by atoms with Gasteiger partial charge in [-0.25, -0.2) is 13.1 Å². The molecule has 0 saturated carbocycles. The van der Waals surface area contributed by atoms with Crippen molar-refractivity contribution in [3.63, 3.8) is 0 Å². The second-order valence-corrected chi connectivity index (χ2v) is 8.03. The van der Waals surface area contributed by atoms with Crippen molar-refractivity contribution < 1.29 is 22.4 Å². The fourth-order valence-corrected chi connectivity index (χ4v) is 3.77. The minimum atomic E-state index is -3.26. The van der Waals surface area contributed by atoms with Gasteiger partial charge in [0, 0.05) is 31.0 Å². The number of carbonyl (C=O) groups is 1. The largest absolute Gasteiger partial charge is 0.469 e. The lowest BCUT2D eigenvalue weighted by Gasteiger charge is -2.26. The van der Waals surface area contributed by atoms with E-state index in [9.17, 15) is 13.2 Å². The Hall–Kier alpha value is -1.38. The smallest absolute Gasteiger partial charge is 0.230 e. The highest BCUT2D eigenvalue weighted by Crippen LogP contribution is 2.41. The molecule has 3 heterocycles. The number of nitrogens with one attached hydrogen (secondary N) is 1. The first kappa shape index (κ1) is 15.5. The molecule has 0 bridgehead atoms. The van der Waals surface area contributed by atoms with Crippen LogP contribution in [0.15, 0.2) is 22.8 Å². The van der Waals surface area contributed by atoms with Gasteiger partial charge in [0.05, 0.1) is 32.2 Å². The van der Waals surface area contributed by atoms with Gasteiger partial charge >= 0.3 is 0 Å². The van der Waals surface area contributed by atoms with Crippen molar-refractivity contribution in [2.24, 2.45) is 11.3 Å². The van der Waals surface area contributed by atoms with Gasteiger partial charge in [0.1, 0.15) is 5.76 Å². The second-order valence-electron chi connectivity index (χ2n) is 6.20. The van der Waals surface area contributed by atoms with Crippen molar-refractivity contribution in [2.75, 3.05) is 39.1 Å². The lowest BCUT2D eigenvalue weighted by molar-refractivity contribution is -0.130. The molecule has 3 rings (SSSR count). The highest BCUT2D eigenvalue weighted by atomic mass is 32.2. The van der Waals surface area contributed by atoms with Gasteiger partial charge < -0.3 is 14.1 Å². The molecule has 0 spiro atoms. The summed E-state index contributed by atoms with van der Waals surface area (Å²) in [7, 11) is -3.26. The van der Waals surface area contributed by atoms with E-state index < -0.39 is 10.0 Å². The average Bonchev–Trinajstić information content (AvgIpc) is 3.09. The Labute approximate surface area is 129 Å². The van der Waals surface area contributed by atoms with Gasteiger partial charge in [-0.05, 0) is 12.1 Å². The monoisotopic (exact) mass is 328 g/mol. The molecule has 8 heteroatoms. The first-order valence-corrected chi connectivity index (χ1v) is 9.10. The third-order valence-corrected chi connectivity index (χ3v) is 5.13. The zero-order valence-electron chi connectivity index (χ0n) is 12.4. The summed E-state index contributed by atoms with van der Waals surface area (Å²) in [6.45, 7) is 2.46. The first-order valence-electron chi connectivity index (χ1n) is 7.20. The number of likely N-dealkylation sites (tertiary alicyclic amines) is 1. The number of sulfonamides is 1. The Kier molecular flexibility index (Phi) is 4.00. The minimum Gasteiger partial charge on any atom is -0.469 e. The Morgan fingerprint density at radius 2 is 2.36 bits per heavy atom. The van der Waals surface area contributed by atoms with Gasteiger partial charge in [-0.15, -0.1) is 0 Å². The highest BCUT2D eigenvalue weighted by Gasteiger charge is 2.51. The molecule has 0 unspecified atom stereocenters. The van der Waals surface area contributed by atoms with Gasteiger partial charge in [-0.2, -0.15) is 0 Å². The van der Waals surface area contributed by atoms with Crippen molar-refractivity contribution in [3.8, 4) is 0 Å². The van der Waals surface area contributed by atoms with Gasteiger partial charge in [0.25, 0.3) is 0 Å². The van der Waals surface area contributed by atoms with E-state index in [0.717, 1.165) is 6.26 Å². The number of hydrogen-bond acceptors (Lipinski definition) is 5. The molecule has 2 aliphatic rings. The Balaban J connectivity index is 1.66. The number of fused-ring (bicyclic) bond motifs is 1. The quantitative estimate of drug-likeness (QED) is 0.812. The summed E-state index contributed by atoms with van der Waals surface area (Å²) in [4.78, 5) is 14.2.